The zero-order valence-corrected chi connectivity index (χ0v) is 13.8. The summed E-state index contributed by atoms with van der Waals surface area (Å²) in [5, 5.41) is 0. The SMILES string of the molecule is CCCCC[C@@H]1c2ccccc2CC[C@H]1Cc1ccccc1. The fraction of sp³-hybridized carbons (Fsp3) is 0.455. The first-order valence-electron chi connectivity index (χ1n) is 9.00. The fourth-order valence-electron chi connectivity index (χ4n) is 4.09. The minimum atomic E-state index is 0.761. The molecule has 1 aliphatic rings. The van der Waals surface area contributed by atoms with E-state index in [0.717, 1.165) is 11.8 Å². The van der Waals surface area contributed by atoms with E-state index in [1.807, 2.05) is 0 Å². The Hall–Kier alpha value is -1.56. The van der Waals surface area contributed by atoms with Gasteiger partial charge in [-0.3, -0.25) is 0 Å². The van der Waals surface area contributed by atoms with Crippen LogP contribution in [0.4, 0.5) is 0 Å². The third-order valence-corrected chi connectivity index (χ3v) is 5.27. The summed E-state index contributed by atoms with van der Waals surface area (Å²) in [5.74, 6) is 1.57. The predicted octanol–water partition coefficient (Wildman–Crippen LogP) is 6.16. The zero-order chi connectivity index (χ0) is 15.2. The lowest BCUT2D eigenvalue weighted by molar-refractivity contribution is 0.344. The normalized spacial score (nSPS) is 20.6. The van der Waals surface area contributed by atoms with Gasteiger partial charge in [0.25, 0.3) is 0 Å². The summed E-state index contributed by atoms with van der Waals surface area (Å²) in [6, 6.07) is 20.3. The van der Waals surface area contributed by atoms with E-state index >= 15 is 0 Å². The maximum Gasteiger partial charge on any atom is -0.0128 e. The molecule has 0 radical (unpaired) electrons. The van der Waals surface area contributed by atoms with Crippen molar-refractivity contribution in [3.05, 3.63) is 71.3 Å². The van der Waals surface area contributed by atoms with E-state index in [1.165, 1.54) is 50.5 Å². The van der Waals surface area contributed by atoms with Crippen LogP contribution in [0.3, 0.4) is 0 Å². The molecule has 0 saturated carbocycles. The minimum Gasteiger partial charge on any atom is -0.0654 e. The van der Waals surface area contributed by atoms with Gasteiger partial charge in [0, 0.05) is 0 Å². The standard InChI is InChI=1S/C22H28/c1-2-3-5-13-22-20(17-18-10-6-4-7-11-18)16-15-19-12-8-9-14-21(19)22/h4,6-12,14,20,22H,2-3,5,13,15-17H2,1H3/t20-,22-/m0/s1. The topological polar surface area (TPSA) is 0 Å². The van der Waals surface area contributed by atoms with Crippen LogP contribution in [0.5, 0.6) is 0 Å². The van der Waals surface area contributed by atoms with Crippen molar-refractivity contribution in [1.29, 1.82) is 0 Å². The van der Waals surface area contributed by atoms with Crippen LogP contribution in [0.15, 0.2) is 54.6 Å². The summed E-state index contributed by atoms with van der Waals surface area (Å²) < 4.78 is 0. The Bertz CT molecular complexity index is 570. The highest BCUT2D eigenvalue weighted by Gasteiger charge is 2.28. The maximum atomic E-state index is 2.39. The molecule has 0 aromatic heterocycles. The van der Waals surface area contributed by atoms with Gasteiger partial charge in [0.15, 0.2) is 0 Å². The van der Waals surface area contributed by atoms with Crippen LogP contribution in [0.1, 0.15) is 61.6 Å². The Morgan fingerprint density at radius 2 is 1.68 bits per heavy atom. The van der Waals surface area contributed by atoms with E-state index < -0.39 is 0 Å². The van der Waals surface area contributed by atoms with E-state index in [4.69, 9.17) is 0 Å². The van der Waals surface area contributed by atoms with Gasteiger partial charge < -0.3 is 0 Å². The molecule has 0 aliphatic heterocycles. The van der Waals surface area contributed by atoms with Crippen LogP contribution in [0.25, 0.3) is 0 Å². The first-order chi connectivity index (χ1) is 10.9. The number of hydrogen-bond donors (Lipinski definition) is 0. The van der Waals surface area contributed by atoms with Gasteiger partial charge in [-0.05, 0) is 54.2 Å². The lowest BCUT2D eigenvalue weighted by atomic mass is 9.71. The summed E-state index contributed by atoms with van der Waals surface area (Å²) in [7, 11) is 0. The highest BCUT2D eigenvalue weighted by molar-refractivity contribution is 5.34. The summed E-state index contributed by atoms with van der Waals surface area (Å²) in [4.78, 5) is 0. The monoisotopic (exact) mass is 292 g/mol. The van der Waals surface area contributed by atoms with E-state index in [1.54, 1.807) is 11.1 Å². The lowest BCUT2D eigenvalue weighted by Crippen LogP contribution is -2.22. The van der Waals surface area contributed by atoms with Crippen molar-refractivity contribution in [2.75, 3.05) is 0 Å². The van der Waals surface area contributed by atoms with Gasteiger partial charge >= 0.3 is 0 Å². The molecule has 0 heterocycles. The molecule has 2 aromatic carbocycles. The van der Waals surface area contributed by atoms with Gasteiger partial charge in [-0.15, -0.1) is 0 Å². The van der Waals surface area contributed by atoms with E-state index in [-0.39, 0.29) is 0 Å². The molecule has 3 rings (SSSR count). The fourth-order valence-corrected chi connectivity index (χ4v) is 4.09. The molecule has 0 heteroatoms. The van der Waals surface area contributed by atoms with Crippen molar-refractivity contribution < 1.29 is 0 Å². The van der Waals surface area contributed by atoms with E-state index in [0.29, 0.717) is 0 Å². The summed E-state index contributed by atoms with van der Waals surface area (Å²) in [6.07, 6.45) is 9.28. The summed E-state index contributed by atoms with van der Waals surface area (Å²) in [6.45, 7) is 2.30. The van der Waals surface area contributed by atoms with Crippen molar-refractivity contribution in [1.82, 2.24) is 0 Å². The second-order valence-electron chi connectivity index (χ2n) is 6.79. The Labute approximate surface area is 135 Å². The molecule has 116 valence electrons. The highest BCUT2D eigenvalue weighted by atomic mass is 14.3. The molecule has 2 atom stereocenters. The number of aryl methyl sites for hydroxylation is 1. The minimum absolute atomic E-state index is 0.761. The number of unbranched alkanes of at least 4 members (excludes halogenated alkanes) is 2. The molecule has 2 aromatic rings. The molecule has 0 amide bonds. The van der Waals surface area contributed by atoms with Gasteiger partial charge in [0.05, 0.1) is 0 Å². The smallest absolute Gasteiger partial charge is 0.0128 e. The quantitative estimate of drug-likeness (QED) is 0.560. The van der Waals surface area contributed by atoms with Gasteiger partial charge in [-0.25, -0.2) is 0 Å². The molecule has 1 aliphatic carbocycles. The van der Waals surface area contributed by atoms with Gasteiger partial charge in [-0.2, -0.15) is 0 Å². The number of rotatable bonds is 6. The average Bonchev–Trinajstić information content (AvgIpc) is 2.57. The van der Waals surface area contributed by atoms with Crippen LogP contribution in [0.2, 0.25) is 0 Å². The summed E-state index contributed by atoms with van der Waals surface area (Å²) in [5.41, 5.74) is 4.76. The molecule has 0 spiro atoms. The Morgan fingerprint density at radius 1 is 0.909 bits per heavy atom. The van der Waals surface area contributed by atoms with Gasteiger partial charge in [-0.1, -0.05) is 80.8 Å². The average molecular weight is 292 g/mol. The summed E-state index contributed by atoms with van der Waals surface area (Å²) >= 11 is 0. The van der Waals surface area contributed by atoms with Gasteiger partial charge in [0.1, 0.15) is 0 Å². The molecular weight excluding hydrogens is 264 g/mol. The second kappa shape index (κ2) is 7.63. The van der Waals surface area contributed by atoms with Crippen LogP contribution in [0, 0.1) is 5.92 Å². The van der Waals surface area contributed by atoms with Crippen molar-refractivity contribution in [2.24, 2.45) is 5.92 Å². The molecule has 0 fully saturated rings. The van der Waals surface area contributed by atoms with E-state index in [9.17, 15) is 0 Å². The van der Waals surface area contributed by atoms with Crippen LogP contribution in [-0.2, 0) is 12.8 Å². The lowest BCUT2D eigenvalue weighted by Gasteiger charge is -2.34. The van der Waals surface area contributed by atoms with E-state index in [2.05, 4.69) is 61.5 Å². The Kier molecular flexibility index (Phi) is 5.32. The zero-order valence-electron chi connectivity index (χ0n) is 13.8. The molecule has 22 heavy (non-hydrogen) atoms. The Morgan fingerprint density at radius 3 is 2.50 bits per heavy atom. The third-order valence-electron chi connectivity index (χ3n) is 5.27. The Balaban J connectivity index is 1.79. The number of hydrogen-bond acceptors (Lipinski definition) is 0. The van der Waals surface area contributed by atoms with Crippen LogP contribution >= 0.6 is 0 Å². The van der Waals surface area contributed by atoms with Gasteiger partial charge in [0.2, 0.25) is 0 Å². The first kappa shape index (κ1) is 15.3. The first-order valence-corrected chi connectivity index (χ1v) is 9.00. The molecule has 0 saturated heterocycles. The molecule has 0 nitrogen and oxygen atoms in total. The maximum absolute atomic E-state index is 2.39. The molecule has 0 bridgehead atoms. The van der Waals surface area contributed by atoms with Crippen LogP contribution in [-0.4, -0.2) is 0 Å². The molecule has 0 unspecified atom stereocenters. The molecular formula is C22H28. The van der Waals surface area contributed by atoms with Crippen LogP contribution < -0.4 is 0 Å². The molecule has 0 N–H and O–H groups in total. The second-order valence-corrected chi connectivity index (χ2v) is 6.79. The largest absolute Gasteiger partial charge is 0.0654 e. The van der Waals surface area contributed by atoms with Crippen molar-refractivity contribution in [2.45, 2.75) is 57.8 Å². The van der Waals surface area contributed by atoms with Crippen molar-refractivity contribution in [3.8, 4) is 0 Å². The number of fused-ring (bicyclic) bond motifs is 1. The number of benzene rings is 2. The van der Waals surface area contributed by atoms with Crippen molar-refractivity contribution >= 4 is 0 Å². The van der Waals surface area contributed by atoms with Crippen molar-refractivity contribution in [3.63, 3.8) is 0 Å². The highest BCUT2D eigenvalue weighted by Crippen LogP contribution is 2.41. The predicted molar refractivity (Wildman–Crippen MR) is 95.3 cm³/mol. The third kappa shape index (κ3) is 3.61.